The van der Waals surface area contributed by atoms with Crippen LogP contribution in [0.15, 0.2) is 12.4 Å². The zero-order chi connectivity index (χ0) is 12.4. The fourth-order valence-electron chi connectivity index (χ4n) is 2.51. The number of hydrogen-bond donors (Lipinski definition) is 1. The smallest absolute Gasteiger partial charge is 0.109 e. The quantitative estimate of drug-likeness (QED) is 0.847. The molecule has 3 heterocycles. The van der Waals surface area contributed by atoms with E-state index >= 15 is 0 Å². The van der Waals surface area contributed by atoms with Gasteiger partial charge in [0, 0.05) is 44.4 Å². The van der Waals surface area contributed by atoms with E-state index in [1.165, 1.54) is 17.2 Å². The standard InChI is InChI=1S/C12H18N6/c1-2-12-15-10-9-13-4-3-11(10)18(12)8-7-17-6-5-14-16-17/h5-6,13H,2-4,7-9H2,1H3. The summed E-state index contributed by atoms with van der Waals surface area (Å²) in [4.78, 5) is 4.72. The van der Waals surface area contributed by atoms with Crippen molar-refractivity contribution in [2.45, 2.75) is 39.4 Å². The molecule has 6 nitrogen and oxygen atoms in total. The van der Waals surface area contributed by atoms with Gasteiger partial charge in [0.1, 0.15) is 5.82 Å². The van der Waals surface area contributed by atoms with Gasteiger partial charge < -0.3 is 9.88 Å². The maximum atomic E-state index is 4.72. The molecule has 0 saturated heterocycles. The molecule has 1 aliphatic rings. The number of aromatic nitrogens is 5. The molecular formula is C12H18N6. The van der Waals surface area contributed by atoms with E-state index in [1.807, 2.05) is 10.9 Å². The number of imidazole rings is 1. The number of nitrogens with zero attached hydrogens (tertiary/aromatic N) is 5. The largest absolute Gasteiger partial charge is 0.330 e. The molecule has 0 atom stereocenters. The van der Waals surface area contributed by atoms with Crippen LogP contribution in [-0.4, -0.2) is 31.1 Å². The predicted molar refractivity (Wildman–Crippen MR) is 67.0 cm³/mol. The number of fused-ring (bicyclic) bond motifs is 1. The Kier molecular flexibility index (Phi) is 3.10. The van der Waals surface area contributed by atoms with Crippen LogP contribution in [0.4, 0.5) is 0 Å². The molecule has 0 unspecified atom stereocenters. The molecule has 3 rings (SSSR count). The lowest BCUT2D eigenvalue weighted by Gasteiger charge is -2.16. The first-order chi connectivity index (χ1) is 8.88. The molecule has 1 N–H and O–H groups in total. The molecule has 0 fully saturated rings. The summed E-state index contributed by atoms with van der Waals surface area (Å²) in [5.74, 6) is 1.18. The van der Waals surface area contributed by atoms with Crippen molar-refractivity contribution in [3.05, 3.63) is 29.6 Å². The third-order valence-corrected chi connectivity index (χ3v) is 3.41. The lowest BCUT2D eigenvalue weighted by molar-refractivity contribution is 0.492. The van der Waals surface area contributed by atoms with Crippen LogP contribution in [0.5, 0.6) is 0 Å². The Morgan fingerprint density at radius 3 is 3.11 bits per heavy atom. The highest BCUT2D eigenvalue weighted by Crippen LogP contribution is 2.16. The van der Waals surface area contributed by atoms with Crippen LogP contribution in [0.1, 0.15) is 24.1 Å². The molecule has 0 radical (unpaired) electrons. The van der Waals surface area contributed by atoms with Crippen molar-refractivity contribution in [1.29, 1.82) is 0 Å². The normalized spacial score (nSPS) is 14.7. The molecule has 96 valence electrons. The Bertz CT molecular complexity index is 513. The number of hydrogen-bond acceptors (Lipinski definition) is 4. The maximum absolute atomic E-state index is 4.72. The number of rotatable bonds is 4. The Labute approximate surface area is 106 Å². The Hall–Kier alpha value is -1.69. The van der Waals surface area contributed by atoms with Crippen molar-refractivity contribution in [2.75, 3.05) is 6.54 Å². The van der Waals surface area contributed by atoms with E-state index < -0.39 is 0 Å². The second-order valence-corrected chi connectivity index (χ2v) is 4.52. The van der Waals surface area contributed by atoms with Crippen molar-refractivity contribution >= 4 is 0 Å². The van der Waals surface area contributed by atoms with E-state index in [0.717, 1.165) is 39.0 Å². The van der Waals surface area contributed by atoms with Crippen LogP contribution in [0.3, 0.4) is 0 Å². The van der Waals surface area contributed by atoms with Crippen LogP contribution in [-0.2, 0) is 32.5 Å². The Morgan fingerprint density at radius 2 is 2.33 bits per heavy atom. The van der Waals surface area contributed by atoms with Gasteiger partial charge in [0.2, 0.25) is 0 Å². The van der Waals surface area contributed by atoms with Crippen LogP contribution in [0.2, 0.25) is 0 Å². The average Bonchev–Trinajstić information content (AvgIpc) is 3.03. The van der Waals surface area contributed by atoms with Gasteiger partial charge in [-0.25, -0.2) is 4.98 Å². The second kappa shape index (κ2) is 4.89. The SMILES string of the molecule is CCc1nc2c(n1CCn1ccnn1)CCNC2. The van der Waals surface area contributed by atoms with Gasteiger partial charge in [-0.2, -0.15) is 0 Å². The monoisotopic (exact) mass is 246 g/mol. The fraction of sp³-hybridized carbons (Fsp3) is 0.583. The highest BCUT2D eigenvalue weighted by Gasteiger charge is 2.18. The van der Waals surface area contributed by atoms with Gasteiger partial charge in [-0.1, -0.05) is 12.1 Å². The van der Waals surface area contributed by atoms with E-state index in [1.54, 1.807) is 6.20 Å². The molecule has 18 heavy (non-hydrogen) atoms. The third kappa shape index (κ3) is 2.03. The van der Waals surface area contributed by atoms with E-state index in [0.29, 0.717) is 0 Å². The third-order valence-electron chi connectivity index (χ3n) is 3.41. The van der Waals surface area contributed by atoms with E-state index in [9.17, 15) is 0 Å². The summed E-state index contributed by atoms with van der Waals surface area (Å²) in [6, 6.07) is 0. The van der Waals surface area contributed by atoms with Crippen molar-refractivity contribution in [1.82, 2.24) is 29.9 Å². The predicted octanol–water partition coefficient (Wildman–Crippen LogP) is 0.383. The molecule has 2 aromatic rings. The lowest BCUT2D eigenvalue weighted by Crippen LogP contribution is -2.25. The molecule has 0 aliphatic carbocycles. The van der Waals surface area contributed by atoms with Crippen molar-refractivity contribution < 1.29 is 0 Å². The molecule has 0 aromatic carbocycles. The van der Waals surface area contributed by atoms with Gasteiger partial charge in [0.05, 0.1) is 18.4 Å². The Morgan fingerprint density at radius 1 is 1.39 bits per heavy atom. The van der Waals surface area contributed by atoms with Gasteiger partial charge in [-0.3, -0.25) is 4.68 Å². The molecule has 0 bridgehead atoms. The molecule has 1 aliphatic heterocycles. The summed E-state index contributed by atoms with van der Waals surface area (Å²) in [5, 5.41) is 11.2. The number of nitrogens with one attached hydrogen (secondary N) is 1. The van der Waals surface area contributed by atoms with Crippen LogP contribution in [0, 0.1) is 0 Å². The van der Waals surface area contributed by atoms with E-state index in [4.69, 9.17) is 4.98 Å². The van der Waals surface area contributed by atoms with Gasteiger partial charge in [-0.15, -0.1) is 5.10 Å². The fourth-order valence-corrected chi connectivity index (χ4v) is 2.51. The molecule has 0 spiro atoms. The molecule has 6 heteroatoms. The van der Waals surface area contributed by atoms with Crippen LogP contribution >= 0.6 is 0 Å². The molecule has 0 amide bonds. The summed E-state index contributed by atoms with van der Waals surface area (Å²) in [6.07, 6.45) is 5.66. The van der Waals surface area contributed by atoms with Gasteiger partial charge in [-0.05, 0) is 0 Å². The zero-order valence-electron chi connectivity index (χ0n) is 10.6. The minimum absolute atomic E-state index is 0.850. The van der Waals surface area contributed by atoms with Gasteiger partial charge in [0.15, 0.2) is 0 Å². The molecule has 0 saturated carbocycles. The summed E-state index contributed by atoms with van der Waals surface area (Å²) < 4.78 is 4.23. The minimum atomic E-state index is 0.850. The Balaban J connectivity index is 1.83. The first kappa shape index (κ1) is 11.4. The minimum Gasteiger partial charge on any atom is -0.330 e. The second-order valence-electron chi connectivity index (χ2n) is 4.52. The topological polar surface area (TPSA) is 60.6 Å². The van der Waals surface area contributed by atoms with Gasteiger partial charge in [0.25, 0.3) is 0 Å². The molecule has 2 aromatic heterocycles. The summed E-state index contributed by atoms with van der Waals surface area (Å²) in [7, 11) is 0. The molecular weight excluding hydrogens is 228 g/mol. The van der Waals surface area contributed by atoms with Gasteiger partial charge >= 0.3 is 0 Å². The highest BCUT2D eigenvalue weighted by molar-refractivity contribution is 5.20. The summed E-state index contributed by atoms with van der Waals surface area (Å²) in [6.45, 7) is 5.88. The van der Waals surface area contributed by atoms with Crippen molar-refractivity contribution in [3.63, 3.8) is 0 Å². The van der Waals surface area contributed by atoms with Crippen molar-refractivity contribution in [2.24, 2.45) is 0 Å². The first-order valence-corrected chi connectivity index (χ1v) is 6.50. The van der Waals surface area contributed by atoms with E-state index in [-0.39, 0.29) is 0 Å². The summed E-state index contributed by atoms with van der Waals surface area (Å²) in [5.41, 5.74) is 2.61. The van der Waals surface area contributed by atoms with Crippen LogP contribution in [0.25, 0.3) is 0 Å². The van der Waals surface area contributed by atoms with Crippen LogP contribution < -0.4 is 5.32 Å². The first-order valence-electron chi connectivity index (χ1n) is 6.50. The van der Waals surface area contributed by atoms with Crippen molar-refractivity contribution in [3.8, 4) is 0 Å². The zero-order valence-corrected chi connectivity index (χ0v) is 10.6. The lowest BCUT2D eigenvalue weighted by atomic mass is 10.2. The average molecular weight is 246 g/mol. The maximum Gasteiger partial charge on any atom is 0.109 e. The number of aryl methyl sites for hydroxylation is 2. The summed E-state index contributed by atoms with van der Waals surface area (Å²) >= 11 is 0. The van der Waals surface area contributed by atoms with E-state index in [2.05, 4.69) is 27.1 Å². The highest BCUT2D eigenvalue weighted by atomic mass is 15.4.